The van der Waals surface area contributed by atoms with Crippen LogP contribution in [0.3, 0.4) is 0 Å². The molecule has 0 unspecified atom stereocenters. The Morgan fingerprint density at radius 3 is 1.97 bits per heavy atom. The van der Waals surface area contributed by atoms with Gasteiger partial charge in [0, 0.05) is 24.0 Å². The number of amides is 2. The van der Waals surface area contributed by atoms with E-state index in [-0.39, 0.29) is 23.3 Å². The van der Waals surface area contributed by atoms with Crippen LogP contribution >= 0.6 is 0 Å². The molecule has 3 aromatic rings. The van der Waals surface area contributed by atoms with Gasteiger partial charge in [-0.1, -0.05) is 6.07 Å². The van der Waals surface area contributed by atoms with Crippen LogP contribution in [0.2, 0.25) is 0 Å². The number of rotatable bonds is 8. The molecule has 2 amide bonds. The van der Waals surface area contributed by atoms with E-state index in [1.54, 1.807) is 43.3 Å². The maximum atomic E-state index is 12.8. The quantitative estimate of drug-likeness (QED) is 0.442. The average molecular weight is 482 g/mol. The number of aryl methyl sites for hydroxylation is 3. The molecule has 0 aromatic heterocycles. The highest BCUT2D eigenvalue weighted by atomic mass is 32.2. The van der Waals surface area contributed by atoms with Gasteiger partial charge in [-0.25, -0.2) is 8.42 Å². The molecule has 0 atom stereocenters. The zero-order valence-corrected chi connectivity index (χ0v) is 20.2. The molecule has 3 rings (SSSR count). The van der Waals surface area contributed by atoms with Gasteiger partial charge in [0.25, 0.3) is 15.9 Å². The summed E-state index contributed by atoms with van der Waals surface area (Å²) in [6.45, 7) is 6.75. The van der Waals surface area contributed by atoms with E-state index in [1.807, 2.05) is 19.9 Å². The van der Waals surface area contributed by atoms with E-state index in [0.29, 0.717) is 28.4 Å². The lowest BCUT2D eigenvalue weighted by molar-refractivity contribution is -0.118. The lowest BCUT2D eigenvalue weighted by atomic mass is 10.1. The molecule has 0 saturated heterocycles. The Morgan fingerprint density at radius 1 is 0.765 bits per heavy atom. The summed E-state index contributed by atoms with van der Waals surface area (Å²) >= 11 is 0. The molecule has 3 aromatic carbocycles. The Bertz CT molecular complexity index is 1320. The first kappa shape index (κ1) is 24.8. The highest BCUT2D eigenvalue weighted by Gasteiger charge is 2.16. The summed E-state index contributed by atoms with van der Waals surface area (Å²) in [6, 6.07) is 16.5. The summed E-state index contributed by atoms with van der Waals surface area (Å²) in [4.78, 5) is 23.4. The van der Waals surface area contributed by atoms with Crippen molar-refractivity contribution in [3.8, 4) is 5.75 Å². The standard InChI is InChI=1S/C25H27N3O5S/c1-16-5-6-22(13-17(16)2)28-34(31,32)23-11-12-24(18(3)14-23)33-15-25(30)27-21-9-7-20(8-10-21)26-19(4)29/h5-14,28H,15H2,1-4H3,(H,26,29)(H,27,30). The monoisotopic (exact) mass is 481 g/mol. The average Bonchev–Trinajstić information content (AvgIpc) is 2.76. The molecule has 0 aliphatic rings. The van der Waals surface area contributed by atoms with E-state index in [9.17, 15) is 18.0 Å². The maximum Gasteiger partial charge on any atom is 0.262 e. The summed E-state index contributed by atoms with van der Waals surface area (Å²) < 4.78 is 33.7. The van der Waals surface area contributed by atoms with E-state index < -0.39 is 10.0 Å². The van der Waals surface area contributed by atoms with Crippen molar-refractivity contribution in [1.82, 2.24) is 0 Å². The van der Waals surface area contributed by atoms with Crippen molar-refractivity contribution in [3.63, 3.8) is 0 Å². The van der Waals surface area contributed by atoms with E-state index >= 15 is 0 Å². The second-order valence-electron chi connectivity index (χ2n) is 7.93. The number of ether oxygens (including phenoxy) is 1. The molecule has 3 N–H and O–H groups in total. The Hall–Kier alpha value is -3.85. The van der Waals surface area contributed by atoms with Crippen LogP contribution < -0.4 is 20.1 Å². The first-order valence-electron chi connectivity index (χ1n) is 10.5. The lowest BCUT2D eigenvalue weighted by Crippen LogP contribution is -2.20. The third-order valence-corrected chi connectivity index (χ3v) is 6.44. The first-order chi connectivity index (χ1) is 16.0. The number of carbonyl (C=O) groups is 2. The molecule has 0 aliphatic carbocycles. The van der Waals surface area contributed by atoms with E-state index in [2.05, 4.69) is 15.4 Å². The fourth-order valence-electron chi connectivity index (χ4n) is 3.15. The Balaban J connectivity index is 1.60. The van der Waals surface area contributed by atoms with Crippen LogP contribution in [-0.4, -0.2) is 26.8 Å². The normalized spacial score (nSPS) is 10.9. The summed E-state index contributed by atoms with van der Waals surface area (Å²) in [5, 5.41) is 5.35. The molecule has 0 fully saturated rings. The van der Waals surface area contributed by atoms with Crippen LogP contribution in [0.25, 0.3) is 0 Å². The van der Waals surface area contributed by atoms with Crippen molar-refractivity contribution < 1.29 is 22.7 Å². The second kappa shape index (κ2) is 10.4. The Kier molecular flexibility index (Phi) is 7.57. The molecule has 0 spiro atoms. The van der Waals surface area contributed by atoms with Crippen LogP contribution in [0.15, 0.2) is 65.6 Å². The molecule has 34 heavy (non-hydrogen) atoms. The van der Waals surface area contributed by atoms with Gasteiger partial charge in [-0.05, 0) is 92.1 Å². The highest BCUT2D eigenvalue weighted by Crippen LogP contribution is 2.24. The summed E-state index contributed by atoms with van der Waals surface area (Å²) in [6.07, 6.45) is 0. The molecule has 0 radical (unpaired) electrons. The molecule has 9 heteroatoms. The van der Waals surface area contributed by atoms with Gasteiger partial charge in [0.1, 0.15) is 5.75 Å². The molecule has 0 aliphatic heterocycles. The third kappa shape index (κ3) is 6.58. The number of nitrogens with one attached hydrogen (secondary N) is 3. The number of anilines is 3. The Labute approximate surface area is 199 Å². The lowest BCUT2D eigenvalue weighted by Gasteiger charge is -2.13. The number of sulfonamides is 1. The largest absolute Gasteiger partial charge is 0.483 e. The van der Waals surface area contributed by atoms with Crippen molar-refractivity contribution >= 4 is 38.9 Å². The van der Waals surface area contributed by atoms with Crippen molar-refractivity contribution in [2.24, 2.45) is 0 Å². The first-order valence-corrected chi connectivity index (χ1v) is 12.0. The van der Waals surface area contributed by atoms with Crippen LogP contribution in [0.5, 0.6) is 5.75 Å². The van der Waals surface area contributed by atoms with E-state index in [4.69, 9.17) is 4.74 Å². The SMILES string of the molecule is CC(=O)Nc1ccc(NC(=O)COc2ccc(S(=O)(=O)Nc3ccc(C)c(C)c3)cc2C)cc1. The van der Waals surface area contributed by atoms with Crippen LogP contribution in [-0.2, 0) is 19.6 Å². The number of benzene rings is 3. The number of hydrogen-bond acceptors (Lipinski definition) is 5. The van der Waals surface area contributed by atoms with Crippen molar-refractivity contribution in [1.29, 1.82) is 0 Å². The second-order valence-corrected chi connectivity index (χ2v) is 9.61. The van der Waals surface area contributed by atoms with Crippen LogP contribution in [0.1, 0.15) is 23.6 Å². The van der Waals surface area contributed by atoms with Crippen LogP contribution in [0, 0.1) is 20.8 Å². The minimum atomic E-state index is -3.78. The van der Waals surface area contributed by atoms with Gasteiger partial charge in [-0.2, -0.15) is 0 Å². The zero-order chi connectivity index (χ0) is 24.9. The van der Waals surface area contributed by atoms with Gasteiger partial charge in [0.15, 0.2) is 6.61 Å². The molecule has 8 nitrogen and oxygen atoms in total. The summed E-state index contributed by atoms with van der Waals surface area (Å²) in [7, 11) is -3.78. The van der Waals surface area contributed by atoms with Gasteiger partial charge >= 0.3 is 0 Å². The topological polar surface area (TPSA) is 114 Å². The smallest absolute Gasteiger partial charge is 0.262 e. The van der Waals surface area contributed by atoms with Gasteiger partial charge in [0.05, 0.1) is 4.90 Å². The number of hydrogen-bond donors (Lipinski definition) is 3. The molecule has 0 saturated carbocycles. The van der Waals surface area contributed by atoms with Crippen molar-refractivity contribution in [3.05, 3.63) is 77.4 Å². The van der Waals surface area contributed by atoms with Gasteiger partial charge < -0.3 is 15.4 Å². The molecular weight excluding hydrogens is 454 g/mol. The summed E-state index contributed by atoms with van der Waals surface area (Å²) in [5.74, 6) is -0.151. The molecule has 0 heterocycles. The van der Waals surface area contributed by atoms with Crippen LogP contribution in [0.4, 0.5) is 17.1 Å². The van der Waals surface area contributed by atoms with E-state index in [1.165, 1.54) is 25.1 Å². The highest BCUT2D eigenvalue weighted by molar-refractivity contribution is 7.92. The molecule has 178 valence electrons. The fraction of sp³-hybridized carbons (Fsp3) is 0.200. The predicted molar refractivity (Wildman–Crippen MR) is 133 cm³/mol. The van der Waals surface area contributed by atoms with Gasteiger partial charge in [-0.15, -0.1) is 0 Å². The number of carbonyl (C=O) groups excluding carboxylic acids is 2. The predicted octanol–water partition coefficient (Wildman–Crippen LogP) is 4.39. The van der Waals surface area contributed by atoms with Gasteiger partial charge in [-0.3, -0.25) is 14.3 Å². The third-order valence-electron chi connectivity index (χ3n) is 5.06. The van der Waals surface area contributed by atoms with Gasteiger partial charge in [0.2, 0.25) is 5.91 Å². The molecular formula is C25H27N3O5S. The minimum Gasteiger partial charge on any atom is -0.483 e. The minimum absolute atomic E-state index is 0.0966. The van der Waals surface area contributed by atoms with Crippen molar-refractivity contribution in [2.45, 2.75) is 32.6 Å². The van der Waals surface area contributed by atoms with E-state index in [0.717, 1.165) is 11.1 Å². The fourth-order valence-corrected chi connectivity index (χ4v) is 4.28. The zero-order valence-electron chi connectivity index (χ0n) is 19.4. The summed E-state index contributed by atoms with van der Waals surface area (Å²) in [5.41, 5.74) is 4.31. The molecule has 0 bridgehead atoms. The van der Waals surface area contributed by atoms with Crippen molar-refractivity contribution in [2.75, 3.05) is 22.0 Å². The maximum absolute atomic E-state index is 12.8. The Morgan fingerprint density at radius 2 is 1.38 bits per heavy atom.